The van der Waals surface area contributed by atoms with Crippen molar-refractivity contribution in [3.63, 3.8) is 0 Å². The van der Waals surface area contributed by atoms with E-state index in [2.05, 4.69) is 31.1 Å². The molecule has 0 unspecified atom stereocenters. The molecule has 0 aliphatic heterocycles. The number of nitrogens with one attached hydrogen (secondary N) is 2. The van der Waals surface area contributed by atoms with Crippen LogP contribution in [0.3, 0.4) is 0 Å². The van der Waals surface area contributed by atoms with Crippen molar-refractivity contribution in [2.45, 2.75) is 40.0 Å². The van der Waals surface area contributed by atoms with Crippen LogP contribution in [-0.4, -0.2) is 17.4 Å². The molecule has 0 atom stereocenters. The summed E-state index contributed by atoms with van der Waals surface area (Å²) in [5.74, 6) is 0.0462. The van der Waals surface area contributed by atoms with Gasteiger partial charge in [-0.3, -0.25) is 4.79 Å². The van der Waals surface area contributed by atoms with E-state index in [1.165, 1.54) is 24.1 Å². The Morgan fingerprint density at radius 3 is 2.75 bits per heavy atom. The molecule has 0 spiro atoms. The second kappa shape index (κ2) is 4.65. The number of amides is 1. The third kappa shape index (κ3) is 2.21. The van der Waals surface area contributed by atoms with Crippen molar-refractivity contribution < 1.29 is 4.79 Å². The van der Waals surface area contributed by atoms with E-state index in [1.807, 2.05) is 18.2 Å². The highest BCUT2D eigenvalue weighted by Crippen LogP contribution is 2.47. The van der Waals surface area contributed by atoms with Gasteiger partial charge in [0.25, 0.3) is 5.91 Å². The number of hydrogen-bond acceptors (Lipinski definition) is 1. The summed E-state index contributed by atoms with van der Waals surface area (Å²) in [7, 11) is 0. The Morgan fingerprint density at radius 1 is 1.35 bits per heavy atom. The van der Waals surface area contributed by atoms with Crippen LogP contribution in [0.5, 0.6) is 0 Å². The van der Waals surface area contributed by atoms with Gasteiger partial charge in [-0.15, -0.1) is 0 Å². The van der Waals surface area contributed by atoms with Crippen molar-refractivity contribution in [3.05, 3.63) is 35.0 Å². The molecule has 0 saturated heterocycles. The van der Waals surface area contributed by atoms with Gasteiger partial charge < -0.3 is 10.3 Å². The van der Waals surface area contributed by atoms with Crippen LogP contribution in [0.2, 0.25) is 0 Å². The summed E-state index contributed by atoms with van der Waals surface area (Å²) >= 11 is 0. The van der Waals surface area contributed by atoms with Gasteiger partial charge in [-0.25, -0.2) is 0 Å². The van der Waals surface area contributed by atoms with Gasteiger partial charge in [0.15, 0.2) is 0 Å². The normalized spacial score (nSPS) is 16.4. The van der Waals surface area contributed by atoms with Crippen LogP contribution in [0.1, 0.15) is 47.8 Å². The Hall–Kier alpha value is -1.77. The number of aryl methyl sites for hydroxylation is 2. The van der Waals surface area contributed by atoms with Crippen LogP contribution in [0.15, 0.2) is 18.2 Å². The van der Waals surface area contributed by atoms with E-state index in [-0.39, 0.29) is 5.91 Å². The van der Waals surface area contributed by atoms with Crippen LogP contribution in [0.4, 0.5) is 0 Å². The summed E-state index contributed by atoms with van der Waals surface area (Å²) in [5.41, 5.74) is 4.64. The SMILES string of the molecule is CCC1(CNC(=O)c2ccc3[nH]c(C)c(C)c3c2)CC1. The Morgan fingerprint density at radius 2 is 2.10 bits per heavy atom. The molecule has 1 heterocycles. The maximum Gasteiger partial charge on any atom is 0.251 e. The van der Waals surface area contributed by atoms with E-state index in [4.69, 9.17) is 0 Å². The average molecular weight is 270 g/mol. The maximum absolute atomic E-state index is 12.3. The molecular formula is C17H22N2O. The molecule has 3 heteroatoms. The molecule has 1 fully saturated rings. The Balaban J connectivity index is 1.79. The predicted molar refractivity (Wildman–Crippen MR) is 82.1 cm³/mol. The number of benzene rings is 1. The molecule has 1 aromatic carbocycles. The van der Waals surface area contributed by atoms with E-state index in [0.717, 1.165) is 29.4 Å². The molecule has 106 valence electrons. The molecule has 2 aromatic rings. The molecule has 1 amide bonds. The van der Waals surface area contributed by atoms with Crippen molar-refractivity contribution in [2.75, 3.05) is 6.54 Å². The minimum Gasteiger partial charge on any atom is -0.358 e. The van der Waals surface area contributed by atoms with E-state index in [9.17, 15) is 4.79 Å². The summed E-state index contributed by atoms with van der Waals surface area (Å²) < 4.78 is 0. The third-order valence-electron chi connectivity index (χ3n) is 4.90. The summed E-state index contributed by atoms with van der Waals surface area (Å²) in [6, 6.07) is 5.89. The van der Waals surface area contributed by atoms with Crippen molar-refractivity contribution in [2.24, 2.45) is 5.41 Å². The summed E-state index contributed by atoms with van der Waals surface area (Å²) in [6.45, 7) is 7.17. The topological polar surface area (TPSA) is 44.9 Å². The molecular weight excluding hydrogens is 248 g/mol. The summed E-state index contributed by atoms with van der Waals surface area (Å²) in [4.78, 5) is 15.6. The minimum absolute atomic E-state index is 0.0462. The first-order valence-corrected chi connectivity index (χ1v) is 7.42. The van der Waals surface area contributed by atoms with Crippen molar-refractivity contribution in [1.82, 2.24) is 10.3 Å². The van der Waals surface area contributed by atoms with Crippen LogP contribution in [0, 0.1) is 19.3 Å². The fraction of sp³-hybridized carbons (Fsp3) is 0.471. The monoisotopic (exact) mass is 270 g/mol. The lowest BCUT2D eigenvalue weighted by atomic mass is 10.0. The van der Waals surface area contributed by atoms with Gasteiger partial charge in [-0.1, -0.05) is 6.92 Å². The molecule has 1 aromatic heterocycles. The first-order valence-electron chi connectivity index (χ1n) is 7.42. The molecule has 0 radical (unpaired) electrons. The van der Waals surface area contributed by atoms with Crippen molar-refractivity contribution in [3.8, 4) is 0 Å². The van der Waals surface area contributed by atoms with Crippen LogP contribution >= 0.6 is 0 Å². The van der Waals surface area contributed by atoms with Gasteiger partial charge in [0.05, 0.1) is 0 Å². The van der Waals surface area contributed by atoms with Crippen molar-refractivity contribution in [1.29, 1.82) is 0 Å². The molecule has 20 heavy (non-hydrogen) atoms. The molecule has 2 N–H and O–H groups in total. The van der Waals surface area contributed by atoms with Crippen LogP contribution in [-0.2, 0) is 0 Å². The Bertz CT molecular complexity index is 665. The number of rotatable bonds is 4. The number of fused-ring (bicyclic) bond motifs is 1. The zero-order valence-corrected chi connectivity index (χ0v) is 12.5. The standard InChI is InChI=1S/C17H22N2O/c1-4-17(7-8-17)10-18-16(20)13-5-6-15-14(9-13)11(2)12(3)19-15/h5-6,9,19H,4,7-8,10H2,1-3H3,(H,18,20). The largest absolute Gasteiger partial charge is 0.358 e. The molecule has 1 saturated carbocycles. The number of H-pyrrole nitrogens is 1. The van der Waals surface area contributed by atoms with Gasteiger partial charge in [-0.2, -0.15) is 0 Å². The smallest absolute Gasteiger partial charge is 0.251 e. The number of aromatic amines is 1. The number of aromatic nitrogens is 1. The first kappa shape index (κ1) is 13.2. The molecule has 1 aliphatic rings. The molecule has 1 aliphatic carbocycles. The van der Waals surface area contributed by atoms with Gasteiger partial charge in [0.1, 0.15) is 0 Å². The van der Waals surface area contributed by atoms with E-state index < -0.39 is 0 Å². The van der Waals surface area contributed by atoms with Gasteiger partial charge >= 0.3 is 0 Å². The van der Waals surface area contributed by atoms with E-state index in [0.29, 0.717) is 5.41 Å². The lowest BCUT2D eigenvalue weighted by Crippen LogP contribution is -2.29. The van der Waals surface area contributed by atoms with Crippen molar-refractivity contribution >= 4 is 16.8 Å². The van der Waals surface area contributed by atoms with E-state index >= 15 is 0 Å². The van der Waals surface area contributed by atoms with Crippen LogP contribution in [0.25, 0.3) is 10.9 Å². The average Bonchev–Trinajstić information content (AvgIpc) is 3.19. The lowest BCUT2D eigenvalue weighted by molar-refractivity contribution is 0.0944. The van der Waals surface area contributed by atoms with Gasteiger partial charge in [-0.05, 0) is 62.3 Å². The third-order valence-corrected chi connectivity index (χ3v) is 4.90. The van der Waals surface area contributed by atoms with E-state index in [1.54, 1.807) is 0 Å². The highest BCUT2D eigenvalue weighted by atomic mass is 16.1. The maximum atomic E-state index is 12.3. The first-order chi connectivity index (χ1) is 9.54. The molecule has 3 rings (SSSR count). The second-order valence-corrected chi connectivity index (χ2v) is 6.17. The summed E-state index contributed by atoms with van der Waals surface area (Å²) in [5, 5.41) is 4.24. The second-order valence-electron chi connectivity index (χ2n) is 6.17. The summed E-state index contributed by atoms with van der Waals surface area (Å²) in [6.07, 6.45) is 3.65. The van der Waals surface area contributed by atoms with Gasteiger partial charge in [0.2, 0.25) is 0 Å². The fourth-order valence-electron chi connectivity index (χ4n) is 2.80. The Labute approximate surface area is 119 Å². The highest BCUT2D eigenvalue weighted by molar-refractivity contribution is 5.99. The minimum atomic E-state index is 0.0462. The Kier molecular flexibility index (Phi) is 3.08. The number of carbonyl (C=O) groups excluding carboxylic acids is 1. The number of carbonyl (C=O) groups is 1. The highest BCUT2D eigenvalue weighted by Gasteiger charge is 2.40. The number of hydrogen-bond donors (Lipinski definition) is 2. The predicted octanol–water partition coefficient (Wildman–Crippen LogP) is 3.70. The van der Waals surface area contributed by atoms with Crippen LogP contribution < -0.4 is 5.32 Å². The molecule has 3 nitrogen and oxygen atoms in total. The van der Waals surface area contributed by atoms with Gasteiger partial charge in [0, 0.05) is 28.7 Å². The lowest BCUT2D eigenvalue weighted by Gasteiger charge is -2.13. The zero-order chi connectivity index (χ0) is 14.3. The zero-order valence-electron chi connectivity index (χ0n) is 12.5. The molecule has 0 bridgehead atoms. The fourth-order valence-corrected chi connectivity index (χ4v) is 2.80. The quantitative estimate of drug-likeness (QED) is 0.874.